The Morgan fingerprint density at radius 2 is 2.00 bits per heavy atom. The van der Waals surface area contributed by atoms with E-state index in [0.717, 1.165) is 11.3 Å². The zero-order valence-corrected chi connectivity index (χ0v) is 12.6. The largest absolute Gasteiger partial charge is 0.497 e. The number of carbonyl (C=O) groups excluding carboxylic acids is 1. The third kappa shape index (κ3) is 3.86. The Kier molecular flexibility index (Phi) is 4.55. The second-order valence-electron chi connectivity index (χ2n) is 4.79. The van der Waals surface area contributed by atoms with Gasteiger partial charge < -0.3 is 10.1 Å². The van der Waals surface area contributed by atoms with Gasteiger partial charge in [0.1, 0.15) is 5.75 Å². The third-order valence-corrected chi connectivity index (χ3v) is 5.53. The van der Waals surface area contributed by atoms with Crippen molar-refractivity contribution in [3.8, 4) is 5.75 Å². The van der Waals surface area contributed by atoms with Gasteiger partial charge in [-0.1, -0.05) is 12.1 Å². The number of rotatable bonds is 4. The van der Waals surface area contributed by atoms with E-state index in [1.54, 1.807) is 31.4 Å². The van der Waals surface area contributed by atoms with Gasteiger partial charge in [-0.05, 0) is 17.7 Å². The predicted molar refractivity (Wildman–Crippen MR) is 76.9 cm³/mol. The molecular formula is C13H16ClNO4S. The number of sulfone groups is 1. The molecule has 1 saturated heterocycles. The fourth-order valence-electron chi connectivity index (χ4n) is 2.12. The summed E-state index contributed by atoms with van der Waals surface area (Å²) in [5.41, 5.74) is 0.829. The second kappa shape index (κ2) is 6.01. The number of hydrogen-bond donors (Lipinski definition) is 1. The lowest BCUT2D eigenvalue weighted by molar-refractivity contribution is -0.120. The summed E-state index contributed by atoms with van der Waals surface area (Å²) in [5, 5.41) is 2.12. The molecule has 1 N–H and O–H groups in total. The number of nitrogens with one attached hydrogen (secondary N) is 1. The predicted octanol–water partition coefficient (Wildman–Crippen LogP) is 0.758. The molecule has 0 aromatic heterocycles. The number of methoxy groups -OCH3 is 1. The lowest BCUT2D eigenvalue weighted by Gasteiger charge is -2.14. The average molecular weight is 318 g/mol. The molecule has 0 unspecified atom stereocenters. The van der Waals surface area contributed by atoms with E-state index >= 15 is 0 Å². The monoisotopic (exact) mass is 317 g/mol. The van der Waals surface area contributed by atoms with Crippen molar-refractivity contribution in [1.82, 2.24) is 5.32 Å². The minimum absolute atomic E-state index is 0.0813. The van der Waals surface area contributed by atoms with Crippen LogP contribution in [0.4, 0.5) is 0 Å². The Morgan fingerprint density at radius 1 is 1.35 bits per heavy atom. The Balaban J connectivity index is 1.92. The summed E-state index contributed by atoms with van der Waals surface area (Å²) in [4.78, 5) is 11.9. The fraction of sp³-hybridized carbons (Fsp3) is 0.462. The second-order valence-corrected chi connectivity index (χ2v) is 7.51. The van der Waals surface area contributed by atoms with Crippen LogP contribution >= 0.6 is 11.6 Å². The highest BCUT2D eigenvalue weighted by Gasteiger charge is 2.37. The Labute approximate surface area is 123 Å². The molecule has 0 spiro atoms. The molecule has 1 aliphatic heterocycles. The number of carbonyl (C=O) groups is 1. The van der Waals surface area contributed by atoms with E-state index in [2.05, 4.69) is 5.32 Å². The van der Waals surface area contributed by atoms with Gasteiger partial charge in [0.2, 0.25) is 5.91 Å². The van der Waals surface area contributed by atoms with Crippen LogP contribution in [-0.4, -0.2) is 44.4 Å². The van der Waals surface area contributed by atoms with Gasteiger partial charge in [0.25, 0.3) is 0 Å². The van der Waals surface area contributed by atoms with Crippen LogP contribution in [0.3, 0.4) is 0 Å². The molecule has 2 rings (SSSR count). The number of hydrogen-bond acceptors (Lipinski definition) is 4. The van der Waals surface area contributed by atoms with Crippen LogP contribution in [0.15, 0.2) is 24.3 Å². The van der Waals surface area contributed by atoms with Crippen molar-refractivity contribution in [2.24, 2.45) is 0 Å². The highest BCUT2D eigenvalue weighted by Crippen LogP contribution is 2.18. The highest BCUT2D eigenvalue weighted by molar-refractivity contribution is 7.91. The zero-order valence-electron chi connectivity index (χ0n) is 11.0. The summed E-state index contributed by atoms with van der Waals surface area (Å²) in [7, 11) is -1.56. The van der Waals surface area contributed by atoms with E-state index in [4.69, 9.17) is 16.3 Å². The molecule has 2 atom stereocenters. The molecule has 0 saturated carbocycles. The van der Waals surface area contributed by atoms with E-state index in [0.29, 0.717) is 0 Å². The average Bonchev–Trinajstić information content (AvgIpc) is 2.63. The summed E-state index contributed by atoms with van der Waals surface area (Å²) in [6.45, 7) is 0. The summed E-state index contributed by atoms with van der Waals surface area (Å²) in [6.07, 6.45) is 0.185. The number of amides is 1. The minimum atomic E-state index is -3.14. The molecule has 20 heavy (non-hydrogen) atoms. The van der Waals surface area contributed by atoms with Gasteiger partial charge in [-0.25, -0.2) is 8.42 Å². The molecule has 0 bridgehead atoms. The maximum absolute atomic E-state index is 11.9. The highest BCUT2D eigenvalue weighted by atomic mass is 35.5. The molecule has 1 heterocycles. The standard InChI is InChI=1S/C13H16ClNO4S/c1-19-10-4-2-9(3-5-10)6-13(16)15-12-8-20(17,18)7-11(12)14/h2-5,11-12H,6-8H2,1H3,(H,15,16)/t11-,12+/m0/s1. The molecule has 110 valence electrons. The van der Waals surface area contributed by atoms with Crippen LogP contribution in [0.25, 0.3) is 0 Å². The van der Waals surface area contributed by atoms with E-state index in [1.807, 2.05) is 0 Å². The Hall–Kier alpha value is -1.27. The zero-order chi connectivity index (χ0) is 14.8. The maximum atomic E-state index is 11.9. The SMILES string of the molecule is COc1ccc(CC(=O)N[C@@H]2CS(=O)(=O)C[C@@H]2Cl)cc1. The maximum Gasteiger partial charge on any atom is 0.224 e. The first-order chi connectivity index (χ1) is 9.39. The molecule has 1 aliphatic rings. The van der Waals surface area contributed by atoms with Crippen molar-refractivity contribution >= 4 is 27.3 Å². The molecule has 1 aromatic rings. The van der Waals surface area contributed by atoms with Gasteiger partial charge >= 0.3 is 0 Å². The molecule has 0 aliphatic carbocycles. The van der Waals surface area contributed by atoms with Crippen LogP contribution in [-0.2, 0) is 21.1 Å². The summed E-state index contributed by atoms with van der Waals surface area (Å²) in [6, 6.07) is 6.62. The fourth-order valence-corrected chi connectivity index (χ4v) is 4.67. The van der Waals surface area contributed by atoms with Crippen LogP contribution in [0.2, 0.25) is 0 Å². The van der Waals surface area contributed by atoms with E-state index in [9.17, 15) is 13.2 Å². The molecule has 7 heteroatoms. The lowest BCUT2D eigenvalue weighted by atomic mass is 10.1. The van der Waals surface area contributed by atoms with Gasteiger partial charge in [-0.2, -0.15) is 0 Å². The van der Waals surface area contributed by atoms with Gasteiger partial charge in [0.15, 0.2) is 9.84 Å². The topological polar surface area (TPSA) is 72.5 Å². The summed E-state index contributed by atoms with van der Waals surface area (Å²) >= 11 is 5.94. The first-order valence-electron chi connectivity index (χ1n) is 6.16. The minimum Gasteiger partial charge on any atom is -0.497 e. The molecule has 5 nitrogen and oxygen atoms in total. The normalized spacial score (nSPS) is 24.3. The van der Waals surface area contributed by atoms with Crippen molar-refractivity contribution in [3.05, 3.63) is 29.8 Å². The summed E-state index contributed by atoms with van der Waals surface area (Å²) < 4.78 is 27.9. The van der Waals surface area contributed by atoms with E-state index in [1.165, 1.54) is 0 Å². The van der Waals surface area contributed by atoms with Crippen molar-refractivity contribution in [2.75, 3.05) is 18.6 Å². The number of halogens is 1. The lowest BCUT2D eigenvalue weighted by Crippen LogP contribution is -2.41. The van der Waals surface area contributed by atoms with E-state index < -0.39 is 21.3 Å². The van der Waals surface area contributed by atoms with Crippen molar-refractivity contribution in [1.29, 1.82) is 0 Å². The molecular weight excluding hydrogens is 302 g/mol. The molecule has 0 radical (unpaired) electrons. The first kappa shape index (κ1) is 15.1. The van der Waals surface area contributed by atoms with Crippen LogP contribution in [0, 0.1) is 0 Å². The van der Waals surface area contributed by atoms with Crippen LogP contribution in [0.1, 0.15) is 5.56 Å². The number of benzene rings is 1. The van der Waals surface area contributed by atoms with Crippen molar-refractivity contribution in [3.63, 3.8) is 0 Å². The Morgan fingerprint density at radius 3 is 2.50 bits per heavy atom. The quantitative estimate of drug-likeness (QED) is 0.832. The number of alkyl halides is 1. The van der Waals surface area contributed by atoms with Gasteiger partial charge in [0.05, 0.1) is 36.5 Å². The molecule has 1 aromatic carbocycles. The van der Waals surface area contributed by atoms with Crippen LogP contribution < -0.4 is 10.1 Å². The van der Waals surface area contributed by atoms with Crippen molar-refractivity contribution in [2.45, 2.75) is 17.8 Å². The summed E-state index contributed by atoms with van der Waals surface area (Å²) in [5.74, 6) is 0.317. The molecule has 1 amide bonds. The third-order valence-electron chi connectivity index (χ3n) is 3.15. The molecule has 1 fully saturated rings. The first-order valence-corrected chi connectivity index (χ1v) is 8.42. The Bertz CT molecular complexity index is 585. The van der Waals surface area contributed by atoms with Gasteiger partial charge in [0, 0.05) is 0 Å². The van der Waals surface area contributed by atoms with Gasteiger partial charge in [-0.15, -0.1) is 11.6 Å². The number of ether oxygens (including phenoxy) is 1. The van der Waals surface area contributed by atoms with Crippen LogP contribution in [0.5, 0.6) is 5.75 Å². The van der Waals surface area contributed by atoms with Crippen molar-refractivity contribution < 1.29 is 17.9 Å². The smallest absolute Gasteiger partial charge is 0.224 e. The van der Waals surface area contributed by atoms with E-state index in [-0.39, 0.29) is 23.8 Å². The van der Waals surface area contributed by atoms with Gasteiger partial charge in [-0.3, -0.25) is 4.79 Å².